The van der Waals surface area contributed by atoms with Crippen molar-refractivity contribution >= 4 is 23.0 Å². The minimum Gasteiger partial charge on any atom is -0.465 e. The maximum absolute atomic E-state index is 12.4. The molecule has 2 atom stereocenters. The number of aromatic amines is 1. The van der Waals surface area contributed by atoms with Crippen LogP contribution in [0.25, 0.3) is 22.0 Å². The Bertz CT molecular complexity index is 1380. The van der Waals surface area contributed by atoms with E-state index in [0.717, 1.165) is 22.3 Å². The number of amides is 1. The molecule has 1 aliphatic rings. The van der Waals surface area contributed by atoms with Crippen LogP contribution in [0.1, 0.15) is 39.1 Å². The molecule has 0 fully saturated rings. The van der Waals surface area contributed by atoms with Gasteiger partial charge in [-0.05, 0) is 39.9 Å². The molecule has 1 heterocycles. The molecule has 36 heavy (non-hydrogen) atoms. The van der Waals surface area contributed by atoms with E-state index in [2.05, 4.69) is 22.4 Å². The normalized spacial score (nSPS) is 14.1. The summed E-state index contributed by atoms with van der Waals surface area (Å²) in [5, 5.41) is 24.2. The number of hydrogen-bond acceptors (Lipinski definition) is 6. The van der Waals surface area contributed by atoms with Gasteiger partial charge in [0.25, 0.3) is 0 Å². The number of H-pyrrole nitrogens is 1. The summed E-state index contributed by atoms with van der Waals surface area (Å²) in [7, 11) is 1.29. The van der Waals surface area contributed by atoms with Crippen molar-refractivity contribution in [3.63, 3.8) is 0 Å². The number of alkyl carbamates (subject to hydrolysis) is 1. The molecule has 2 unspecified atom stereocenters. The second-order valence-corrected chi connectivity index (χ2v) is 8.72. The molecule has 3 aromatic carbocycles. The average Bonchev–Trinajstić information content (AvgIpc) is 3.48. The third-order valence-corrected chi connectivity index (χ3v) is 6.62. The summed E-state index contributed by atoms with van der Waals surface area (Å²) in [6.45, 7) is -0.0636. The number of benzene rings is 3. The van der Waals surface area contributed by atoms with Gasteiger partial charge in [-0.15, -0.1) is 0 Å². The van der Waals surface area contributed by atoms with Gasteiger partial charge in [-0.3, -0.25) is 0 Å². The van der Waals surface area contributed by atoms with E-state index in [-0.39, 0.29) is 19.1 Å². The average molecular weight is 487 g/mol. The Kier molecular flexibility index (Phi) is 6.45. The minimum atomic E-state index is -1.29. The number of methoxy groups -OCH3 is 1. The first-order valence-electron chi connectivity index (χ1n) is 11.6. The summed E-state index contributed by atoms with van der Waals surface area (Å²) >= 11 is 0. The molecule has 8 nitrogen and oxygen atoms in total. The summed E-state index contributed by atoms with van der Waals surface area (Å²) in [5.74, 6) is -0.582. The molecule has 5 rings (SSSR count). The molecule has 184 valence electrons. The summed E-state index contributed by atoms with van der Waals surface area (Å²) in [4.78, 5) is 27.3. The lowest BCUT2D eigenvalue weighted by atomic mass is 9.98. The fourth-order valence-electron chi connectivity index (χ4n) is 4.77. The smallest absolute Gasteiger partial charge is 0.407 e. The molecule has 0 saturated heterocycles. The molecule has 4 N–H and O–H groups in total. The van der Waals surface area contributed by atoms with E-state index in [1.54, 1.807) is 18.2 Å². The molecule has 0 bridgehead atoms. The van der Waals surface area contributed by atoms with Crippen LogP contribution in [0.5, 0.6) is 0 Å². The first-order chi connectivity index (χ1) is 17.5. The minimum absolute atomic E-state index is 0.0734. The topological polar surface area (TPSA) is 121 Å². The number of fused-ring (bicyclic) bond motifs is 4. The number of rotatable bonds is 7. The number of aliphatic hydroxyl groups is 2. The Balaban J connectivity index is 1.20. The Hall–Kier alpha value is -4.14. The van der Waals surface area contributed by atoms with Crippen molar-refractivity contribution in [3.05, 3.63) is 95.2 Å². The fourth-order valence-corrected chi connectivity index (χ4v) is 4.77. The monoisotopic (exact) mass is 486 g/mol. The maximum Gasteiger partial charge on any atom is 0.407 e. The molecule has 0 spiro atoms. The van der Waals surface area contributed by atoms with Crippen molar-refractivity contribution in [3.8, 4) is 11.1 Å². The highest BCUT2D eigenvalue weighted by Gasteiger charge is 2.29. The third kappa shape index (κ3) is 4.32. The molecule has 0 saturated carbocycles. The van der Waals surface area contributed by atoms with Crippen molar-refractivity contribution in [2.24, 2.45) is 0 Å². The highest BCUT2D eigenvalue weighted by atomic mass is 16.5. The fraction of sp³-hybridized carbons (Fsp3) is 0.214. The van der Waals surface area contributed by atoms with Crippen LogP contribution in [0.4, 0.5) is 4.79 Å². The van der Waals surface area contributed by atoms with Gasteiger partial charge in [0.15, 0.2) is 0 Å². The first-order valence-corrected chi connectivity index (χ1v) is 11.6. The molecule has 1 amide bonds. The lowest BCUT2D eigenvalue weighted by Crippen LogP contribution is -2.36. The molecule has 1 aromatic heterocycles. The van der Waals surface area contributed by atoms with Gasteiger partial charge in [-0.1, -0.05) is 54.6 Å². The first kappa shape index (κ1) is 23.6. The molecule has 0 aliphatic heterocycles. The van der Waals surface area contributed by atoms with Crippen LogP contribution in [0.15, 0.2) is 72.9 Å². The van der Waals surface area contributed by atoms with Crippen molar-refractivity contribution in [1.82, 2.24) is 10.3 Å². The molecular weight excluding hydrogens is 460 g/mol. The van der Waals surface area contributed by atoms with Gasteiger partial charge in [0, 0.05) is 29.6 Å². The molecule has 1 aliphatic carbocycles. The standard InChI is InChI=1S/C28H26N2O6/c1-35-27(33)22-13-29-24-11-10-16(12-21(22)24)26(32)25(31)14-30-28(34)36-15-23-19-8-4-2-6-17(19)18-7-3-5-9-20(18)23/h2-13,23,25-26,29,31-32H,14-15H2,1H3,(H,30,34). The van der Waals surface area contributed by atoms with Gasteiger partial charge in [0.1, 0.15) is 18.8 Å². The van der Waals surface area contributed by atoms with Gasteiger partial charge in [0.05, 0.1) is 12.7 Å². The van der Waals surface area contributed by atoms with E-state index in [0.29, 0.717) is 22.0 Å². The van der Waals surface area contributed by atoms with Gasteiger partial charge in [-0.25, -0.2) is 9.59 Å². The highest BCUT2D eigenvalue weighted by Crippen LogP contribution is 2.44. The highest BCUT2D eigenvalue weighted by molar-refractivity contribution is 6.04. The van der Waals surface area contributed by atoms with Gasteiger partial charge in [-0.2, -0.15) is 0 Å². The van der Waals surface area contributed by atoms with Crippen LogP contribution in [-0.2, 0) is 9.47 Å². The van der Waals surface area contributed by atoms with Gasteiger partial charge >= 0.3 is 12.1 Å². The van der Waals surface area contributed by atoms with Crippen LogP contribution < -0.4 is 5.32 Å². The summed E-state index contributed by atoms with van der Waals surface area (Å²) in [6.07, 6.45) is -1.73. The lowest BCUT2D eigenvalue weighted by Gasteiger charge is -2.19. The van der Waals surface area contributed by atoms with Gasteiger partial charge < -0.3 is 30.0 Å². The second kappa shape index (κ2) is 9.85. The van der Waals surface area contributed by atoms with E-state index in [9.17, 15) is 19.8 Å². The van der Waals surface area contributed by atoms with Crippen molar-refractivity contribution < 1.29 is 29.3 Å². The van der Waals surface area contributed by atoms with Gasteiger partial charge in [0.2, 0.25) is 0 Å². The molecule has 8 heteroatoms. The summed E-state index contributed by atoms with van der Waals surface area (Å²) in [6, 6.07) is 21.1. The quantitative estimate of drug-likeness (QED) is 0.294. The van der Waals surface area contributed by atoms with Crippen molar-refractivity contribution in [2.45, 2.75) is 18.1 Å². The van der Waals surface area contributed by atoms with Crippen LogP contribution in [-0.4, -0.2) is 53.6 Å². The van der Waals surface area contributed by atoms with E-state index in [4.69, 9.17) is 9.47 Å². The number of ether oxygens (including phenoxy) is 2. The Morgan fingerprint density at radius 3 is 2.33 bits per heavy atom. The summed E-state index contributed by atoms with van der Waals surface area (Å²) in [5.41, 5.74) is 5.90. The Morgan fingerprint density at radius 1 is 1.00 bits per heavy atom. The molecule has 0 radical (unpaired) electrons. The summed E-state index contributed by atoms with van der Waals surface area (Å²) < 4.78 is 10.3. The number of esters is 1. The predicted molar refractivity (Wildman–Crippen MR) is 134 cm³/mol. The van der Waals surface area contributed by atoms with Crippen LogP contribution in [0, 0.1) is 0 Å². The van der Waals surface area contributed by atoms with Crippen LogP contribution in [0.3, 0.4) is 0 Å². The number of carbonyl (C=O) groups is 2. The molecular formula is C28H26N2O6. The third-order valence-electron chi connectivity index (χ3n) is 6.62. The van der Waals surface area contributed by atoms with E-state index < -0.39 is 24.3 Å². The maximum atomic E-state index is 12.4. The second-order valence-electron chi connectivity index (χ2n) is 8.72. The zero-order valence-electron chi connectivity index (χ0n) is 19.6. The number of hydrogen-bond donors (Lipinski definition) is 4. The zero-order valence-corrected chi connectivity index (χ0v) is 19.6. The van der Waals surface area contributed by atoms with E-state index in [1.165, 1.54) is 13.3 Å². The van der Waals surface area contributed by atoms with E-state index in [1.807, 2.05) is 36.4 Å². The largest absolute Gasteiger partial charge is 0.465 e. The SMILES string of the molecule is COC(=O)c1c[nH]c2ccc(C(O)C(O)CNC(=O)OCC3c4ccccc4-c4ccccc43)cc12. The Morgan fingerprint density at radius 2 is 1.67 bits per heavy atom. The Labute approximate surface area is 207 Å². The molecule has 4 aromatic rings. The van der Waals surface area contributed by atoms with E-state index >= 15 is 0 Å². The number of nitrogens with one attached hydrogen (secondary N) is 2. The number of carbonyl (C=O) groups excluding carboxylic acids is 2. The predicted octanol–water partition coefficient (Wildman–Crippen LogP) is 3.89. The van der Waals surface area contributed by atoms with Crippen molar-refractivity contribution in [2.75, 3.05) is 20.3 Å². The lowest BCUT2D eigenvalue weighted by molar-refractivity contribution is 0.0186. The van der Waals surface area contributed by atoms with Crippen molar-refractivity contribution in [1.29, 1.82) is 0 Å². The zero-order chi connectivity index (χ0) is 25.2. The van der Waals surface area contributed by atoms with Crippen LogP contribution in [0.2, 0.25) is 0 Å². The van der Waals surface area contributed by atoms with Crippen LogP contribution >= 0.6 is 0 Å². The number of aliphatic hydroxyl groups excluding tert-OH is 2. The number of aromatic nitrogens is 1.